The molecular formula is C25H33N3O3. The molecule has 0 fully saturated rings. The zero-order valence-electron chi connectivity index (χ0n) is 19.0. The molecule has 1 aromatic carbocycles. The largest absolute Gasteiger partial charge is 0.350 e. The molecule has 1 amide bonds. The maximum atomic E-state index is 12.9. The lowest BCUT2D eigenvalue weighted by atomic mass is 9.75. The number of nitrogens with zero attached hydrogens (tertiary/aromatic N) is 1. The van der Waals surface area contributed by atoms with Crippen LogP contribution in [0.5, 0.6) is 0 Å². The van der Waals surface area contributed by atoms with Crippen LogP contribution in [-0.2, 0) is 12.8 Å². The predicted octanol–water partition coefficient (Wildman–Crippen LogP) is 3.21. The first-order valence-electron chi connectivity index (χ1n) is 11.1. The Bertz CT molecular complexity index is 991. The number of rotatable bonds is 8. The number of aromatic amines is 1. The normalized spacial score (nSPS) is 16.1. The summed E-state index contributed by atoms with van der Waals surface area (Å²) in [5, 5.41) is 2.94. The number of Topliss-reactive ketones (excluding diaryl/α,β-unsaturated/α-hetero) is 1. The Kier molecular flexibility index (Phi) is 7.11. The number of pyridine rings is 1. The van der Waals surface area contributed by atoms with Crippen LogP contribution in [0.15, 0.2) is 41.2 Å². The maximum absolute atomic E-state index is 12.9. The average molecular weight is 424 g/mol. The number of fused-ring (bicyclic) bond motifs is 1. The lowest BCUT2D eigenvalue weighted by Crippen LogP contribution is -2.46. The van der Waals surface area contributed by atoms with Crippen LogP contribution in [-0.4, -0.2) is 47.3 Å². The molecule has 1 aliphatic rings. The van der Waals surface area contributed by atoms with Crippen LogP contribution in [0.2, 0.25) is 0 Å². The van der Waals surface area contributed by atoms with Gasteiger partial charge >= 0.3 is 0 Å². The van der Waals surface area contributed by atoms with E-state index in [1.807, 2.05) is 32.0 Å². The van der Waals surface area contributed by atoms with Crippen molar-refractivity contribution in [2.45, 2.75) is 53.0 Å². The average Bonchev–Trinajstić information content (AvgIpc) is 2.72. The van der Waals surface area contributed by atoms with E-state index in [1.165, 1.54) is 11.6 Å². The van der Waals surface area contributed by atoms with Gasteiger partial charge in [-0.2, -0.15) is 0 Å². The summed E-state index contributed by atoms with van der Waals surface area (Å²) < 4.78 is 0. The van der Waals surface area contributed by atoms with E-state index in [9.17, 15) is 14.4 Å². The molecule has 3 rings (SSSR count). The minimum atomic E-state index is -0.441. The minimum absolute atomic E-state index is 0.00446. The van der Waals surface area contributed by atoms with E-state index in [0.717, 1.165) is 19.5 Å². The van der Waals surface area contributed by atoms with Crippen molar-refractivity contribution in [3.8, 4) is 0 Å². The summed E-state index contributed by atoms with van der Waals surface area (Å²) in [4.78, 5) is 43.1. The predicted molar refractivity (Wildman–Crippen MR) is 123 cm³/mol. The van der Waals surface area contributed by atoms with E-state index in [2.05, 4.69) is 41.2 Å². The van der Waals surface area contributed by atoms with E-state index in [4.69, 9.17) is 0 Å². The molecule has 6 heteroatoms. The van der Waals surface area contributed by atoms with Gasteiger partial charge in [0.2, 0.25) is 0 Å². The first-order chi connectivity index (χ1) is 14.7. The SMILES string of the molecule is CCN(CC)C(CNC(=O)c1cc2c([nH]c1=O)CC(C)(C)CC2=O)Cc1ccccc1. The lowest BCUT2D eigenvalue weighted by molar-refractivity contribution is 0.0910. The quantitative estimate of drug-likeness (QED) is 0.683. The first kappa shape index (κ1) is 22.9. The fourth-order valence-corrected chi connectivity index (χ4v) is 4.46. The van der Waals surface area contributed by atoms with Gasteiger partial charge in [-0.25, -0.2) is 0 Å². The second-order valence-electron chi connectivity index (χ2n) is 9.12. The smallest absolute Gasteiger partial charge is 0.261 e. The number of ketones is 1. The number of hydrogen-bond acceptors (Lipinski definition) is 4. The number of benzene rings is 1. The minimum Gasteiger partial charge on any atom is -0.350 e. The summed E-state index contributed by atoms with van der Waals surface area (Å²) in [5.74, 6) is -0.464. The van der Waals surface area contributed by atoms with Gasteiger partial charge in [-0.05, 0) is 43.0 Å². The van der Waals surface area contributed by atoms with Crippen molar-refractivity contribution in [2.24, 2.45) is 5.41 Å². The summed E-state index contributed by atoms with van der Waals surface area (Å²) in [6, 6.07) is 11.8. The lowest BCUT2D eigenvalue weighted by Gasteiger charge is -2.30. The molecule has 1 aliphatic carbocycles. The zero-order valence-corrected chi connectivity index (χ0v) is 19.0. The van der Waals surface area contributed by atoms with Gasteiger partial charge in [0.05, 0.1) is 0 Å². The molecule has 0 bridgehead atoms. The van der Waals surface area contributed by atoms with E-state index >= 15 is 0 Å². The van der Waals surface area contributed by atoms with Gasteiger partial charge in [0.15, 0.2) is 5.78 Å². The highest BCUT2D eigenvalue weighted by Crippen LogP contribution is 2.33. The number of H-pyrrole nitrogens is 1. The number of carbonyl (C=O) groups is 2. The molecule has 6 nitrogen and oxygen atoms in total. The second-order valence-corrected chi connectivity index (χ2v) is 9.12. The molecule has 0 saturated carbocycles. The van der Waals surface area contributed by atoms with E-state index in [0.29, 0.717) is 30.6 Å². The van der Waals surface area contributed by atoms with Crippen LogP contribution in [0.3, 0.4) is 0 Å². The second kappa shape index (κ2) is 9.60. The van der Waals surface area contributed by atoms with Crippen LogP contribution in [0.25, 0.3) is 0 Å². The van der Waals surface area contributed by atoms with Crippen LogP contribution in [0, 0.1) is 5.41 Å². The van der Waals surface area contributed by atoms with Crippen LogP contribution in [0.4, 0.5) is 0 Å². The van der Waals surface area contributed by atoms with Crippen LogP contribution < -0.4 is 10.9 Å². The number of hydrogen-bond donors (Lipinski definition) is 2. The van der Waals surface area contributed by atoms with E-state index in [1.54, 1.807) is 0 Å². The van der Waals surface area contributed by atoms with Crippen molar-refractivity contribution < 1.29 is 9.59 Å². The highest BCUT2D eigenvalue weighted by atomic mass is 16.2. The summed E-state index contributed by atoms with van der Waals surface area (Å²) in [6.45, 7) is 10.4. The number of likely N-dealkylation sites (N-methyl/N-ethyl adjacent to an activating group) is 1. The number of carbonyl (C=O) groups excluding carboxylic acids is 2. The van der Waals surface area contributed by atoms with Crippen molar-refractivity contribution in [3.63, 3.8) is 0 Å². The molecule has 0 radical (unpaired) electrons. The van der Waals surface area contributed by atoms with Crippen LogP contribution in [0.1, 0.15) is 66.1 Å². The number of nitrogens with one attached hydrogen (secondary N) is 2. The van der Waals surface area contributed by atoms with Gasteiger partial charge in [-0.15, -0.1) is 0 Å². The Morgan fingerprint density at radius 2 is 1.81 bits per heavy atom. The molecule has 0 aliphatic heterocycles. The van der Waals surface area contributed by atoms with Crippen molar-refractivity contribution in [1.82, 2.24) is 15.2 Å². The van der Waals surface area contributed by atoms with Crippen molar-refractivity contribution >= 4 is 11.7 Å². The fraction of sp³-hybridized carbons (Fsp3) is 0.480. The highest BCUT2D eigenvalue weighted by Gasteiger charge is 2.32. The van der Waals surface area contributed by atoms with Crippen molar-refractivity contribution in [2.75, 3.05) is 19.6 Å². The van der Waals surface area contributed by atoms with Gasteiger partial charge in [-0.1, -0.05) is 58.0 Å². The molecule has 166 valence electrons. The van der Waals surface area contributed by atoms with Crippen molar-refractivity contribution in [1.29, 1.82) is 0 Å². The molecule has 0 spiro atoms. The van der Waals surface area contributed by atoms with E-state index in [-0.39, 0.29) is 22.8 Å². The van der Waals surface area contributed by atoms with Crippen LogP contribution >= 0.6 is 0 Å². The van der Waals surface area contributed by atoms with Gasteiger partial charge in [0, 0.05) is 30.3 Å². The topological polar surface area (TPSA) is 82.3 Å². The summed E-state index contributed by atoms with van der Waals surface area (Å²) in [7, 11) is 0. The Balaban J connectivity index is 1.77. The Morgan fingerprint density at radius 1 is 1.13 bits per heavy atom. The van der Waals surface area contributed by atoms with Gasteiger partial charge in [0.25, 0.3) is 11.5 Å². The number of aromatic nitrogens is 1. The molecule has 1 unspecified atom stereocenters. The third kappa shape index (κ3) is 5.50. The zero-order chi connectivity index (χ0) is 22.6. The molecule has 1 heterocycles. The van der Waals surface area contributed by atoms with Gasteiger partial charge < -0.3 is 10.3 Å². The van der Waals surface area contributed by atoms with Gasteiger partial charge in [-0.3, -0.25) is 19.3 Å². The van der Waals surface area contributed by atoms with Gasteiger partial charge in [0.1, 0.15) is 5.56 Å². The molecule has 0 saturated heterocycles. The Morgan fingerprint density at radius 3 is 2.45 bits per heavy atom. The molecule has 31 heavy (non-hydrogen) atoms. The molecule has 1 aromatic heterocycles. The third-order valence-corrected chi connectivity index (χ3v) is 6.10. The Hall–Kier alpha value is -2.73. The maximum Gasteiger partial charge on any atom is 0.261 e. The first-order valence-corrected chi connectivity index (χ1v) is 11.1. The summed E-state index contributed by atoms with van der Waals surface area (Å²) >= 11 is 0. The molecule has 2 aromatic rings. The summed E-state index contributed by atoms with van der Waals surface area (Å²) in [5.41, 5.74) is 1.68. The Labute approximate surface area is 184 Å². The summed E-state index contributed by atoms with van der Waals surface area (Å²) in [6.07, 6.45) is 1.83. The van der Waals surface area contributed by atoms with E-state index < -0.39 is 11.5 Å². The standard InChI is InChI=1S/C25H33N3O3/c1-5-28(6-2)18(12-17-10-8-7-9-11-17)16-26-23(30)20-13-19-21(27-24(20)31)14-25(3,4)15-22(19)29/h7-11,13,18H,5-6,12,14-16H2,1-4H3,(H,26,30)(H,27,31). The number of amides is 1. The fourth-order valence-electron chi connectivity index (χ4n) is 4.46. The molecular weight excluding hydrogens is 390 g/mol. The monoisotopic (exact) mass is 423 g/mol. The third-order valence-electron chi connectivity index (χ3n) is 6.10. The molecule has 2 N–H and O–H groups in total. The van der Waals surface area contributed by atoms with Crippen molar-refractivity contribution in [3.05, 3.63) is 69.1 Å². The molecule has 1 atom stereocenters. The highest BCUT2D eigenvalue weighted by molar-refractivity contribution is 6.02.